The topological polar surface area (TPSA) is 56.6 Å². The number of anilines is 1. The van der Waals surface area contributed by atoms with Crippen LogP contribution in [0.15, 0.2) is 66.7 Å². The Bertz CT molecular complexity index is 1330. The third kappa shape index (κ3) is 4.23. The van der Waals surface area contributed by atoms with Gasteiger partial charge in [0, 0.05) is 24.6 Å². The van der Waals surface area contributed by atoms with Crippen molar-refractivity contribution in [2.75, 3.05) is 25.2 Å². The lowest BCUT2D eigenvalue weighted by Crippen LogP contribution is -2.24. The highest BCUT2D eigenvalue weighted by Gasteiger charge is 2.35. The van der Waals surface area contributed by atoms with E-state index in [1.165, 1.54) is 11.1 Å². The van der Waals surface area contributed by atoms with E-state index in [2.05, 4.69) is 36.6 Å². The summed E-state index contributed by atoms with van der Waals surface area (Å²) in [5, 5.41) is 0. The van der Waals surface area contributed by atoms with Gasteiger partial charge in [-0.2, -0.15) is 0 Å². The number of fused-ring (bicyclic) bond motifs is 1. The second kappa shape index (κ2) is 9.21. The van der Waals surface area contributed by atoms with Crippen molar-refractivity contribution < 1.29 is 14.3 Å². The lowest BCUT2D eigenvalue weighted by Gasteiger charge is -2.18. The molecule has 0 unspecified atom stereocenters. The number of nitrogens with zero attached hydrogens (tertiary/aromatic N) is 3. The number of carbonyl (C=O) groups excluding carboxylic acids is 1. The van der Waals surface area contributed by atoms with E-state index in [0.717, 1.165) is 34.0 Å². The second-order valence-electron chi connectivity index (χ2n) is 8.81. The number of hydrogen-bond donors (Lipinski definition) is 0. The molecule has 1 amide bonds. The van der Waals surface area contributed by atoms with Crippen LogP contribution >= 0.6 is 0 Å². The molecule has 0 spiro atoms. The van der Waals surface area contributed by atoms with Crippen molar-refractivity contribution in [2.24, 2.45) is 0 Å². The molecule has 0 radical (unpaired) electrons. The van der Waals surface area contributed by atoms with Gasteiger partial charge in [-0.05, 0) is 73.5 Å². The van der Waals surface area contributed by atoms with E-state index < -0.39 is 0 Å². The third-order valence-electron chi connectivity index (χ3n) is 6.62. The molecule has 2 heterocycles. The quantitative estimate of drug-likeness (QED) is 0.381. The number of carbonyl (C=O) groups is 1. The van der Waals surface area contributed by atoms with Crippen molar-refractivity contribution >= 4 is 22.6 Å². The van der Waals surface area contributed by atoms with Crippen LogP contribution in [0.1, 0.15) is 29.3 Å². The summed E-state index contributed by atoms with van der Waals surface area (Å²) in [5.74, 6) is 2.71. The zero-order chi connectivity index (χ0) is 23.7. The highest BCUT2D eigenvalue weighted by atomic mass is 16.5. The van der Waals surface area contributed by atoms with E-state index in [1.54, 1.807) is 7.11 Å². The fraction of sp³-hybridized carbons (Fsp3) is 0.286. The van der Waals surface area contributed by atoms with E-state index in [4.69, 9.17) is 14.5 Å². The molecule has 0 saturated carbocycles. The molecule has 4 aromatic rings. The van der Waals surface area contributed by atoms with Crippen molar-refractivity contribution in [3.05, 3.63) is 83.7 Å². The third-order valence-corrected chi connectivity index (χ3v) is 6.62. The van der Waals surface area contributed by atoms with Gasteiger partial charge in [-0.3, -0.25) is 4.79 Å². The molecule has 1 aliphatic rings. The van der Waals surface area contributed by atoms with E-state index >= 15 is 0 Å². The normalized spacial score (nSPS) is 15.8. The van der Waals surface area contributed by atoms with Crippen LogP contribution in [0, 0.1) is 13.8 Å². The molecule has 0 bridgehead atoms. The summed E-state index contributed by atoms with van der Waals surface area (Å²) in [6, 6.07) is 21.9. The predicted molar refractivity (Wildman–Crippen MR) is 134 cm³/mol. The lowest BCUT2D eigenvalue weighted by molar-refractivity contribution is -0.117. The first-order valence-electron chi connectivity index (χ1n) is 11.6. The molecule has 6 nitrogen and oxygen atoms in total. The number of aromatic nitrogens is 2. The van der Waals surface area contributed by atoms with Crippen molar-refractivity contribution in [1.82, 2.24) is 9.55 Å². The Morgan fingerprint density at radius 1 is 0.971 bits per heavy atom. The Hall–Kier alpha value is -3.80. The molecule has 1 atom stereocenters. The molecular weight excluding hydrogens is 426 g/mol. The van der Waals surface area contributed by atoms with Gasteiger partial charge in [0.2, 0.25) is 5.91 Å². The monoisotopic (exact) mass is 455 g/mol. The maximum absolute atomic E-state index is 13.0. The number of aryl methyl sites for hydroxylation is 2. The maximum atomic E-state index is 13.0. The first-order chi connectivity index (χ1) is 16.5. The van der Waals surface area contributed by atoms with Gasteiger partial charge in [0.25, 0.3) is 0 Å². The number of ether oxygens (including phenoxy) is 2. The van der Waals surface area contributed by atoms with Gasteiger partial charge in [-0.1, -0.05) is 18.2 Å². The van der Waals surface area contributed by atoms with E-state index in [0.29, 0.717) is 26.1 Å². The molecule has 6 heteroatoms. The van der Waals surface area contributed by atoms with E-state index in [-0.39, 0.29) is 11.8 Å². The van der Waals surface area contributed by atoms with Crippen LogP contribution in [-0.2, 0) is 11.3 Å². The zero-order valence-corrected chi connectivity index (χ0v) is 19.8. The standard InChI is InChI=1S/C28H29N3O3/c1-19-8-9-22(16-20(19)2)31-18-21(17-27(31)32)28-29-25-6-4-5-7-26(25)30(28)14-15-34-24-12-10-23(33-3)11-13-24/h4-13,16,21H,14-15,17-18H2,1-3H3/t21-/m1/s1. The van der Waals surface area contributed by atoms with Gasteiger partial charge in [0.05, 0.1) is 24.7 Å². The molecule has 174 valence electrons. The zero-order valence-electron chi connectivity index (χ0n) is 19.8. The predicted octanol–water partition coefficient (Wildman–Crippen LogP) is 5.26. The molecule has 0 aliphatic carbocycles. The minimum atomic E-state index is 0.0301. The van der Waals surface area contributed by atoms with Crippen LogP contribution in [-0.4, -0.2) is 35.7 Å². The van der Waals surface area contributed by atoms with E-state index in [9.17, 15) is 4.79 Å². The second-order valence-corrected chi connectivity index (χ2v) is 8.81. The number of amides is 1. The van der Waals surface area contributed by atoms with Gasteiger partial charge in [-0.25, -0.2) is 4.98 Å². The minimum absolute atomic E-state index is 0.0301. The summed E-state index contributed by atoms with van der Waals surface area (Å²) in [6.45, 7) is 5.95. The van der Waals surface area contributed by atoms with Crippen molar-refractivity contribution in [2.45, 2.75) is 32.7 Å². The van der Waals surface area contributed by atoms with Gasteiger partial charge >= 0.3 is 0 Å². The number of methoxy groups -OCH3 is 1. The summed E-state index contributed by atoms with van der Waals surface area (Å²) in [4.78, 5) is 19.8. The average molecular weight is 456 g/mol. The van der Waals surface area contributed by atoms with E-state index in [1.807, 2.05) is 53.4 Å². The molecule has 34 heavy (non-hydrogen) atoms. The van der Waals surface area contributed by atoms with Crippen molar-refractivity contribution in [3.8, 4) is 11.5 Å². The fourth-order valence-electron chi connectivity index (χ4n) is 4.59. The fourth-order valence-corrected chi connectivity index (χ4v) is 4.59. The molecule has 1 saturated heterocycles. The Kier molecular flexibility index (Phi) is 5.97. The van der Waals surface area contributed by atoms with Crippen LogP contribution in [0.2, 0.25) is 0 Å². The SMILES string of the molecule is COc1ccc(OCCn2c([C@@H]3CC(=O)N(c4ccc(C)c(C)c4)C3)nc3ccccc32)cc1. The Balaban J connectivity index is 1.38. The summed E-state index contributed by atoms with van der Waals surface area (Å²) < 4.78 is 13.4. The van der Waals surface area contributed by atoms with Gasteiger partial charge in [0.1, 0.15) is 23.9 Å². The maximum Gasteiger partial charge on any atom is 0.227 e. The molecule has 0 N–H and O–H groups in total. The highest BCUT2D eigenvalue weighted by Crippen LogP contribution is 2.34. The summed E-state index contributed by atoms with van der Waals surface area (Å²) in [7, 11) is 1.65. The number of rotatable bonds is 7. The van der Waals surface area contributed by atoms with Gasteiger partial charge in [-0.15, -0.1) is 0 Å². The Morgan fingerprint density at radius 2 is 1.74 bits per heavy atom. The van der Waals surface area contributed by atoms with Crippen LogP contribution in [0.5, 0.6) is 11.5 Å². The van der Waals surface area contributed by atoms with Crippen LogP contribution < -0.4 is 14.4 Å². The highest BCUT2D eigenvalue weighted by molar-refractivity contribution is 5.96. The Morgan fingerprint density at radius 3 is 2.50 bits per heavy atom. The summed E-state index contributed by atoms with van der Waals surface area (Å²) in [6.07, 6.45) is 0.454. The minimum Gasteiger partial charge on any atom is -0.497 e. The molecule has 5 rings (SSSR count). The number of hydrogen-bond acceptors (Lipinski definition) is 4. The molecule has 1 fully saturated rings. The summed E-state index contributed by atoms with van der Waals surface area (Å²) in [5.41, 5.74) is 5.38. The number of para-hydroxylation sites is 2. The van der Waals surface area contributed by atoms with Crippen LogP contribution in [0.3, 0.4) is 0 Å². The lowest BCUT2D eigenvalue weighted by atomic mass is 10.1. The molecule has 3 aromatic carbocycles. The van der Waals surface area contributed by atoms with Gasteiger partial charge < -0.3 is 18.9 Å². The van der Waals surface area contributed by atoms with Crippen LogP contribution in [0.4, 0.5) is 5.69 Å². The van der Waals surface area contributed by atoms with Gasteiger partial charge in [0.15, 0.2) is 0 Å². The molecule has 1 aromatic heterocycles. The first kappa shape index (κ1) is 22.0. The van der Waals surface area contributed by atoms with Crippen LogP contribution in [0.25, 0.3) is 11.0 Å². The largest absolute Gasteiger partial charge is 0.497 e. The molecular formula is C28H29N3O3. The first-order valence-corrected chi connectivity index (χ1v) is 11.6. The smallest absolute Gasteiger partial charge is 0.227 e. The Labute approximate surface area is 199 Å². The van der Waals surface area contributed by atoms with Crippen molar-refractivity contribution in [3.63, 3.8) is 0 Å². The number of benzene rings is 3. The summed E-state index contributed by atoms with van der Waals surface area (Å²) >= 11 is 0. The van der Waals surface area contributed by atoms with Crippen molar-refractivity contribution in [1.29, 1.82) is 0 Å². The average Bonchev–Trinajstić information content (AvgIpc) is 3.42. The molecule has 1 aliphatic heterocycles. The number of imidazole rings is 1.